The molecule has 68 valence electrons. The van der Waals surface area contributed by atoms with Gasteiger partial charge in [-0.15, -0.1) is 5.10 Å². The van der Waals surface area contributed by atoms with Gasteiger partial charge in [0, 0.05) is 5.39 Å². The summed E-state index contributed by atoms with van der Waals surface area (Å²) in [6.07, 6.45) is 1.53. The van der Waals surface area contributed by atoms with Gasteiger partial charge in [-0.3, -0.25) is 10.2 Å². The van der Waals surface area contributed by atoms with Crippen LogP contribution in [0.1, 0.15) is 0 Å². The molecule has 0 bridgehead atoms. The Morgan fingerprint density at radius 1 is 1.14 bits per heavy atom. The van der Waals surface area contributed by atoms with Gasteiger partial charge in [0.15, 0.2) is 0 Å². The highest BCUT2D eigenvalue weighted by Crippen LogP contribution is 2.31. The van der Waals surface area contributed by atoms with Crippen LogP contribution in [-0.2, 0) is 0 Å². The monoisotopic (exact) mass is 186 g/mol. The highest BCUT2D eigenvalue weighted by Gasteiger charge is 2.13. The summed E-state index contributed by atoms with van der Waals surface area (Å²) in [4.78, 5) is 11.5. The van der Waals surface area contributed by atoms with Crippen LogP contribution in [0.2, 0.25) is 0 Å². The van der Waals surface area contributed by atoms with Crippen LogP contribution < -0.4 is 16.4 Å². The minimum atomic E-state index is -0.307. The van der Waals surface area contributed by atoms with Crippen LogP contribution >= 0.6 is 0 Å². The largest absolute Gasteiger partial charge is 0.300 e. The van der Waals surface area contributed by atoms with E-state index >= 15 is 0 Å². The molecule has 1 aromatic heterocycles. The van der Waals surface area contributed by atoms with Crippen molar-refractivity contribution in [2.75, 3.05) is 10.9 Å². The highest BCUT2D eigenvalue weighted by atomic mass is 16.1. The van der Waals surface area contributed by atoms with Crippen LogP contribution in [0.15, 0.2) is 29.2 Å². The third-order valence-electron chi connectivity index (χ3n) is 2.23. The second-order valence-electron chi connectivity index (χ2n) is 3.04. The van der Waals surface area contributed by atoms with Gasteiger partial charge >= 0.3 is 0 Å². The summed E-state index contributed by atoms with van der Waals surface area (Å²) in [7, 11) is 0. The molecular formula is C9H6N4O. The minimum absolute atomic E-state index is 0.307. The zero-order valence-electron chi connectivity index (χ0n) is 7.11. The van der Waals surface area contributed by atoms with Crippen LogP contribution in [0.5, 0.6) is 0 Å². The summed E-state index contributed by atoms with van der Waals surface area (Å²) in [5, 5.41) is 8.62. The quantitative estimate of drug-likeness (QED) is 0.635. The van der Waals surface area contributed by atoms with Crippen molar-refractivity contribution in [3.63, 3.8) is 0 Å². The molecule has 14 heavy (non-hydrogen) atoms. The van der Waals surface area contributed by atoms with Crippen LogP contribution in [0, 0.1) is 0 Å². The molecule has 0 atom stereocenters. The third kappa shape index (κ3) is 0.806. The van der Waals surface area contributed by atoms with E-state index in [4.69, 9.17) is 0 Å². The number of hydrogen-bond donors (Lipinski definition) is 2. The van der Waals surface area contributed by atoms with Crippen LogP contribution in [-0.4, -0.2) is 10.2 Å². The lowest BCUT2D eigenvalue weighted by Gasteiger charge is -1.95. The first-order valence-electron chi connectivity index (χ1n) is 4.17. The molecule has 2 N–H and O–H groups in total. The molecule has 1 aliphatic heterocycles. The maximum atomic E-state index is 11.5. The number of nitrogens with zero attached hydrogens (tertiary/aromatic N) is 2. The molecule has 2 aromatic rings. The Morgan fingerprint density at radius 3 is 2.93 bits per heavy atom. The van der Waals surface area contributed by atoms with Crippen molar-refractivity contribution < 1.29 is 0 Å². The summed E-state index contributed by atoms with van der Waals surface area (Å²) in [6.45, 7) is 0. The van der Waals surface area contributed by atoms with E-state index in [9.17, 15) is 4.79 Å². The number of aromatic nitrogens is 2. The molecule has 5 nitrogen and oxygen atoms in total. The number of anilines is 2. The Hall–Kier alpha value is -2.17. The summed E-state index contributed by atoms with van der Waals surface area (Å²) in [6, 6.07) is 5.45. The Balaban J connectivity index is 2.68. The van der Waals surface area contributed by atoms with E-state index in [1.165, 1.54) is 6.20 Å². The van der Waals surface area contributed by atoms with Gasteiger partial charge in [0.1, 0.15) is 0 Å². The molecule has 3 rings (SSSR count). The van der Waals surface area contributed by atoms with Crippen molar-refractivity contribution in [1.82, 2.24) is 10.2 Å². The molecule has 0 aliphatic carbocycles. The van der Waals surface area contributed by atoms with Crippen molar-refractivity contribution in [3.8, 4) is 0 Å². The maximum Gasteiger partial charge on any atom is 0.296 e. The van der Waals surface area contributed by atoms with Crippen molar-refractivity contribution in [3.05, 3.63) is 34.7 Å². The molecule has 2 heterocycles. The third-order valence-corrected chi connectivity index (χ3v) is 2.23. The fourth-order valence-corrected chi connectivity index (χ4v) is 1.61. The Morgan fingerprint density at radius 2 is 2.00 bits per heavy atom. The van der Waals surface area contributed by atoms with Gasteiger partial charge in [-0.05, 0) is 12.1 Å². The number of rotatable bonds is 0. The van der Waals surface area contributed by atoms with Crippen molar-refractivity contribution in [1.29, 1.82) is 0 Å². The lowest BCUT2D eigenvalue weighted by molar-refractivity contribution is 1.02. The Kier molecular flexibility index (Phi) is 1.25. The van der Waals surface area contributed by atoms with Crippen molar-refractivity contribution in [2.24, 2.45) is 0 Å². The highest BCUT2D eigenvalue weighted by molar-refractivity contribution is 6.05. The van der Waals surface area contributed by atoms with E-state index in [1.54, 1.807) is 6.07 Å². The SMILES string of the molecule is O=c1nncc2c3c(cccc13)NN2. The maximum absolute atomic E-state index is 11.5. The van der Waals surface area contributed by atoms with Crippen LogP contribution in [0.3, 0.4) is 0 Å². The first kappa shape index (κ1) is 7.25. The molecule has 0 fully saturated rings. The summed E-state index contributed by atoms with van der Waals surface area (Å²) < 4.78 is 0. The van der Waals surface area contributed by atoms with Gasteiger partial charge in [0.2, 0.25) is 0 Å². The van der Waals surface area contributed by atoms with Crippen LogP contribution in [0.25, 0.3) is 10.8 Å². The van der Waals surface area contributed by atoms with Crippen LogP contribution in [0.4, 0.5) is 11.4 Å². The van der Waals surface area contributed by atoms with E-state index < -0.39 is 0 Å². The molecule has 0 spiro atoms. The Bertz CT molecular complexity index is 581. The summed E-state index contributed by atoms with van der Waals surface area (Å²) in [5.41, 5.74) is 7.25. The van der Waals surface area contributed by atoms with Crippen molar-refractivity contribution >= 4 is 22.1 Å². The Labute approximate surface area is 78.8 Å². The molecule has 0 saturated carbocycles. The molecule has 0 amide bonds. The summed E-state index contributed by atoms with van der Waals surface area (Å²) in [5.74, 6) is 0. The lowest BCUT2D eigenvalue weighted by atomic mass is 10.1. The zero-order valence-corrected chi connectivity index (χ0v) is 7.11. The van der Waals surface area contributed by atoms with Crippen molar-refractivity contribution in [2.45, 2.75) is 0 Å². The first-order chi connectivity index (χ1) is 6.86. The molecule has 5 heteroatoms. The predicted octanol–water partition coefficient (Wildman–Crippen LogP) is 0.742. The smallest absolute Gasteiger partial charge is 0.296 e. The van der Waals surface area contributed by atoms with Gasteiger partial charge < -0.3 is 5.43 Å². The lowest BCUT2D eigenvalue weighted by Crippen LogP contribution is -2.04. The first-order valence-corrected chi connectivity index (χ1v) is 4.17. The van der Waals surface area contributed by atoms with Gasteiger partial charge in [0.05, 0.1) is 23.0 Å². The summed E-state index contributed by atoms with van der Waals surface area (Å²) >= 11 is 0. The van der Waals surface area contributed by atoms with E-state index in [0.717, 1.165) is 16.8 Å². The van der Waals surface area contributed by atoms with Gasteiger partial charge in [0.25, 0.3) is 5.56 Å². The number of hydrazine groups is 1. The normalized spacial score (nSPS) is 12.3. The van der Waals surface area contributed by atoms with E-state index in [1.807, 2.05) is 12.1 Å². The minimum Gasteiger partial charge on any atom is -0.300 e. The van der Waals surface area contributed by atoms with E-state index in [2.05, 4.69) is 21.0 Å². The fraction of sp³-hybridized carbons (Fsp3) is 0. The standard InChI is InChI=1S/C9H6N4O/c14-9-5-2-1-3-6-8(5)7(12-11-6)4-10-13-9/h1-4,11-12H. The number of hydrogen-bond acceptors (Lipinski definition) is 5. The van der Waals surface area contributed by atoms with Gasteiger partial charge in [-0.1, -0.05) is 6.07 Å². The van der Waals surface area contributed by atoms with E-state index in [-0.39, 0.29) is 5.56 Å². The number of nitrogens with one attached hydrogen (secondary N) is 2. The molecular weight excluding hydrogens is 180 g/mol. The topological polar surface area (TPSA) is 66.9 Å². The molecule has 0 radical (unpaired) electrons. The number of benzene rings is 1. The van der Waals surface area contributed by atoms with E-state index in [0.29, 0.717) is 5.39 Å². The van der Waals surface area contributed by atoms with Gasteiger partial charge in [-0.25, -0.2) is 0 Å². The molecule has 0 unspecified atom stereocenters. The molecule has 1 aliphatic rings. The average Bonchev–Trinajstić information content (AvgIpc) is 2.53. The predicted molar refractivity (Wildman–Crippen MR) is 53.1 cm³/mol. The average molecular weight is 186 g/mol. The second-order valence-corrected chi connectivity index (χ2v) is 3.04. The molecule has 1 aromatic carbocycles. The second kappa shape index (κ2) is 2.41. The fourth-order valence-electron chi connectivity index (χ4n) is 1.61. The van der Waals surface area contributed by atoms with Gasteiger partial charge in [-0.2, -0.15) is 5.10 Å². The zero-order chi connectivity index (χ0) is 9.54. The molecule has 0 saturated heterocycles.